The fourth-order valence-corrected chi connectivity index (χ4v) is 2.82. The third-order valence-electron chi connectivity index (χ3n) is 2.92. The molecule has 0 radical (unpaired) electrons. The molecule has 0 heterocycles. The van der Waals surface area contributed by atoms with Crippen LogP contribution in [0.3, 0.4) is 0 Å². The molecule has 0 aliphatic rings. The molecule has 104 valence electrons. The van der Waals surface area contributed by atoms with Gasteiger partial charge in [-0.3, -0.25) is 0 Å². The maximum Gasteiger partial charge on any atom is 0.150 e. The largest absolute Gasteiger partial charge is 0.312 e. The molecule has 3 nitrogen and oxygen atoms in total. The zero-order chi connectivity index (χ0) is 13.3. The Morgan fingerprint density at radius 2 is 1.65 bits per heavy atom. The van der Waals surface area contributed by atoms with Crippen molar-refractivity contribution in [2.24, 2.45) is 0 Å². The maximum absolute atomic E-state index is 11.4. The molecule has 0 aliphatic carbocycles. The van der Waals surface area contributed by atoms with Crippen LogP contribution in [0.5, 0.6) is 0 Å². The van der Waals surface area contributed by atoms with Gasteiger partial charge in [-0.1, -0.05) is 40.5 Å². The monoisotopic (exact) mass is 263 g/mol. The van der Waals surface area contributed by atoms with Crippen molar-refractivity contribution in [1.29, 1.82) is 0 Å². The van der Waals surface area contributed by atoms with Gasteiger partial charge < -0.3 is 5.32 Å². The van der Waals surface area contributed by atoms with E-state index in [0.29, 0.717) is 17.8 Å². The number of hydrogen-bond donors (Lipinski definition) is 1. The summed E-state index contributed by atoms with van der Waals surface area (Å²) < 4.78 is 22.8. The first-order valence-electron chi connectivity index (χ1n) is 6.87. The van der Waals surface area contributed by atoms with Crippen molar-refractivity contribution in [1.82, 2.24) is 5.32 Å². The van der Waals surface area contributed by atoms with Crippen LogP contribution in [0, 0.1) is 0 Å². The molecule has 0 fully saturated rings. The van der Waals surface area contributed by atoms with Crippen LogP contribution in [0.4, 0.5) is 0 Å². The number of rotatable bonds is 10. The third kappa shape index (κ3) is 9.60. The normalized spacial score (nSPS) is 14.2. The molecule has 1 unspecified atom stereocenters. The Hall–Kier alpha value is -0.0900. The van der Waals surface area contributed by atoms with Crippen molar-refractivity contribution in [3.63, 3.8) is 0 Å². The van der Waals surface area contributed by atoms with Gasteiger partial charge in [-0.05, 0) is 19.3 Å². The van der Waals surface area contributed by atoms with Crippen molar-refractivity contribution >= 4 is 9.84 Å². The van der Waals surface area contributed by atoms with Crippen LogP contribution >= 0.6 is 0 Å². The molecular weight excluding hydrogens is 234 g/mol. The Balaban J connectivity index is 3.98. The molecule has 0 bridgehead atoms. The van der Waals surface area contributed by atoms with Gasteiger partial charge in [-0.15, -0.1) is 0 Å². The molecular formula is C13H29NO2S. The molecule has 0 rings (SSSR count). The molecule has 0 aromatic carbocycles. The lowest BCUT2D eigenvalue weighted by Gasteiger charge is -2.21. The van der Waals surface area contributed by atoms with Crippen LogP contribution in [0.2, 0.25) is 0 Å². The highest BCUT2D eigenvalue weighted by Gasteiger charge is 2.12. The lowest BCUT2D eigenvalue weighted by molar-refractivity contribution is 0.403. The Labute approximate surface area is 107 Å². The summed E-state index contributed by atoms with van der Waals surface area (Å²) >= 11 is 0. The minimum atomic E-state index is -2.79. The molecule has 0 saturated heterocycles. The van der Waals surface area contributed by atoms with Crippen molar-refractivity contribution in [3.05, 3.63) is 0 Å². The SMILES string of the molecule is CCCCC(CCCS(=O)(=O)CC)NC(C)C. The van der Waals surface area contributed by atoms with Gasteiger partial charge in [0.05, 0.1) is 5.75 Å². The second-order valence-corrected chi connectivity index (χ2v) is 7.51. The first-order chi connectivity index (χ1) is 7.91. The summed E-state index contributed by atoms with van der Waals surface area (Å²) in [6.07, 6.45) is 5.32. The molecule has 0 spiro atoms. The average molecular weight is 263 g/mol. The van der Waals surface area contributed by atoms with Crippen LogP contribution in [-0.4, -0.2) is 32.0 Å². The minimum Gasteiger partial charge on any atom is -0.312 e. The van der Waals surface area contributed by atoms with Gasteiger partial charge in [0, 0.05) is 17.8 Å². The van der Waals surface area contributed by atoms with E-state index in [-0.39, 0.29) is 5.75 Å². The van der Waals surface area contributed by atoms with Gasteiger partial charge in [-0.25, -0.2) is 8.42 Å². The van der Waals surface area contributed by atoms with Crippen LogP contribution in [0.15, 0.2) is 0 Å². The Bertz CT molecular complexity index is 273. The quantitative estimate of drug-likeness (QED) is 0.659. The predicted octanol–water partition coefficient (Wildman–Crippen LogP) is 2.76. The van der Waals surface area contributed by atoms with Gasteiger partial charge >= 0.3 is 0 Å². The fourth-order valence-electron chi connectivity index (χ4n) is 1.93. The highest BCUT2D eigenvalue weighted by molar-refractivity contribution is 7.91. The van der Waals surface area contributed by atoms with Crippen molar-refractivity contribution < 1.29 is 8.42 Å². The van der Waals surface area contributed by atoms with E-state index in [1.54, 1.807) is 6.92 Å². The van der Waals surface area contributed by atoms with Crippen LogP contribution in [0.25, 0.3) is 0 Å². The molecule has 0 aromatic heterocycles. The lowest BCUT2D eigenvalue weighted by atomic mass is 10.0. The topological polar surface area (TPSA) is 46.2 Å². The highest BCUT2D eigenvalue weighted by atomic mass is 32.2. The predicted molar refractivity (Wildman–Crippen MR) is 75.1 cm³/mol. The fraction of sp³-hybridized carbons (Fsp3) is 1.00. The van der Waals surface area contributed by atoms with E-state index < -0.39 is 9.84 Å². The molecule has 0 amide bonds. The Morgan fingerprint density at radius 1 is 1.06 bits per heavy atom. The zero-order valence-corrected chi connectivity index (χ0v) is 12.6. The molecule has 1 N–H and O–H groups in total. The molecule has 0 saturated carbocycles. The van der Waals surface area contributed by atoms with Gasteiger partial charge in [0.1, 0.15) is 9.84 Å². The summed E-state index contributed by atoms with van der Waals surface area (Å²) in [5.74, 6) is 0.607. The van der Waals surface area contributed by atoms with E-state index in [4.69, 9.17) is 0 Å². The standard InChI is InChI=1S/C13H29NO2S/c1-5-7-9-13(14-12(3)4)10-8-11-17(15,16)6-2/h12-14H,5-11H2,1-4H3. The number of nitrogens with one attached hydrogen (secondary N) is 1. The van der Waals surface area contributed by atoms with Gasteiger partial charge in [0.2, 0.25) is 0 Å². The number of unbranched alkanes of at least 4 members (excludes halogenated alkanes) is 1. The molecule has 0 aliphatic heterocycles. The van der Waals surface area contributed by atoms with Crippen LogP contribution in [0.1, 0.15) is 59.8 Å². The average Bonchev–Trinajstić information content (AvgIpc) is 2.24. The van der Waals surface area contributed by atoms with Crippen molar-refractivity contribution in [2.45, 2.75) is 71.9 Å². The van der Waals surface area contributed by atoms with E-state index in [9.17, 15) is 8.42 Å². The summed E-state index contributed by atoms with van der Waals surface area (Å²) in [5, 5.41) is 3.52. The van der Waals surface area contributed by atoms with Gasteiger partial charge in [-0.2, -0.15) is 0 Å². The summed E-state index contributed by atoms with van der Waals surface area (Å²) in [6.45, 7) is 8.19. The van der Waals surface area contributed by atoms with E-state index >= 15 is 0 Å². The summed E-state index contributed by atoms with van der Waals surface area (Å²) in [4.78, 5) is 0. The first-order valence-corrected chi connectivity index (χ1v) is 8.69. The summed E-state index contributed by atoms with van der Waals surface area (Å²) in [6, 6.07) is 0.946. The van der Waals surface area contributed by atoms with E-state index in [1.807, 2.05) is 0 Å². The van der Waals surface area contributed by atoms with E-state index in [2.05, 4.69) is 26.1 Å². The summed E-state index contributed by atoms with van der Waals surface area (Å²) in [5.41, 5.74) is 0. The third-order valence-corrected chi connectivity index (χ3v) is 4.71. The number of sulfone groups is 1. The van der Waals surface area contributed by atoms with E-state index in [0.717, 1.165) is 19.3 Å². The molecule has 4 heteroatoms. The Morgan fingerprint density at radius 3 is 2.12 bits per heavy atom. The lowest BCUT2D eigenvalue weighted by Crippen LogP contribution is -2.35. The van der Waals surface area contributed by atoms with E-state index in [1.165, 1.54) is 12.8 Å². The highest BCUT2D eigenvalue weighted by Crippen LogP contribution is 2.09. The van der Waals surface area contributed by atoms with Crippen LogP contribution < -0.4 is 5.32 Å². The molecule has 1 atom stereocenters. The first kappa shape index (κ1) is 16.9. The Kier molecular flexibility index (Phi) is 8.88. The second-order valence-electron chi connectivity index (χ2n) is 5.04. The molecule has 0 aromatic rings. The van der Waals surface area contributed by atoms with Gasteiger partial charge in [0.25, 0.3) is 0 Å². The van der Waals surface area contributed by atoms with Gasteiger partial charge in [0.15, 0.2) is 0 Å². The maximum atomic E-state index is 11.4. The number of hydrogen-bond acceptors (Lipinski definition) is 3. The second kappa shape index (κ2) is 8.92. The molecule has 17 heavy (non-hydrogen) atoms. The zero-order valence-electron chi connectivity index (χ0n) is 11.8. The minimum absolute atomic E-state index is 0.268. The summed E-state index contributed by atoms with van der Waals surface area (Å²) in [7, 11) is -2.79. The van der Waals surface area contributed by atoms with Crippen LogP contribution in [-0.2, 0) is 9.84 Å². The van der Waals surface area contributed by atoms with Crippen molar-refractivity contribution in [2.75, 3.05) is 11.5 Å². The smallest absolute Gasteiger partial charge is 0.150 e. The van der Waals surface area contributed by atoms with Crippen molar-refractivity contribution in [3.8, 4) is 0 Å².